The van der Waals surface area contributed by atoms with Crippen LogP contribution in [0, 0.1) is 0 Å². The van der Waals surface area contributed by atoms with Gasteiger partial charge in [-0.1, -0.05) is 48.9 Å². The number of fused-ring (bicyclic) bond motifs is 1. The Labute approximate surface area is 175 Å². The summed E-state index contributed by atoms with van der Waals surface area (Å²) in [6, 6.07) is 14.7. The highest BCUT2D eigenvalue weighted by atomic mass is 35.5. The van der Waals surface area contributed by atoms with Gasteiger partial charge in [-0.3, -0.25) is 14.2 Å². The van der Waals surface area contributed by atoms with Gasteiger partial charge in [0.1, 0.15) is 5.82 Å². The van der Waals surface area contributed by atoms with Crippen molar-refractivity contribution in [1.82, 2.24) is 14.5 Å². The van der Waals surface area contributed by atoms with E-state index in [0.29, 0.717) is 41.1 Å². The smallest absolute Gasteiger partial charge is 0.261 e. The van der Waals surface area contributed by atoms with Crippen molar-refractivity contribution in [3.63, 3.8) is 0 Å². The van der Waals surface area contributed by atoms with Crippen molar-refractivity contribution in [2.24, 2.45) is 7.05 Å². The van der Waals surface area contributed by atoms with E-state index in [4.69, 9.17) is 11.6 Å². The van der Waals surface area contributed by atoms with E-state index in [-0.39, 0.29) is 17.5 Å². The van der Waals surface area contributed by atoms with Crippen LogP contribution in [0.1, 0.15) is 44.1 Å². The molecule has 0 aliphatic heterocycles. The normalized spacial score (nSPS) is 12.1. The monoisotopic (exact) mass is 411 g/mol. The summed E-state index contributed by atoms with van der Waals surface area (Å²) in [5, 5.41) is 1.05. The highest BCUT2D eigenvalue weighted by molar-refractivity contribution is 6.31. The van der Waals surface area contributed by atoms with Gasteiger partial charge in [0, 0.05) is 25.0 Å². The van der Waals surface area contributed by atoms with Gasteiger partial charge in [-0.05, 0) is 43.5 Å². The van der Waals surface area contributed by atoms with E-state index < -0.39 is 0 Å². The molecule has 0 radical (unpaired) electrons. The van der Waals surface area contributed by atoms with E-state index in [1.807, 2.05) is 49.1 Å². The molecule has 152 valence electrons. The number of benzene rings is 2. The molecule has 0 fully saturated rings. The summed E-state index contributed by atoms with van der Waals surface area (Å²) >= 11 is 6.09. The lowest BCUT2D eigenvalue weighted by molar-refractivity contribution is -0.133. The average Bonchev–Trinajstić information content (AvgIpc) is 2.73. The maximum Gasteiger partial charge on any atom is 0.261 e. The van der Waals surface area contributed by atoms with Crippen molar-refractivity contribution < 1.29 is 4.79 Å². The lowest BCUT2D eigenvalue weighted by atomic mass is 10.1. The zero-order valence-corrected chi connectivity index (χ0v) is 17.8. The molecule has 5 nitrogen and oxygen atoms in total. The van der Waals surface area contributed by atoms with Crippen LogP contribution < -0.4 is 5.56 Å². The van der Waals surface area contributed by atoms with Crippen LogP contribution in [-0.4, -0.2) is 26.9 Å². The number of hydrogen-bond acceptors (Lipinski definition) is 3. The van der Waals surface area contributed by atoms with Crippen LogP contribution in [0.25, 0.3) is 10.9 Å². The van der Waals surface area contributed by atoms with E-state index >= 15 is 0 Å². The SMILES string of the molecule is CCCN(C(=O)CCc1ccccc1)C(C)c1nc2cc(Cl)ccc2c(=O)n1C. The molecule has 1 unspecified atom stereocenters. The number of nitrogens with zero attached hydrogens (tertiary/aromatic N) is 3. The Hall–Kier alpha value is -2.66. The van der Waals surface area contributed by atoms with Gasteiger partial charge in [-0.2, -0.15) is 0 Å². The molecule has 0 saturated carbocycles. The molecule has 2 aromatic carbocycles. The van der Waals surface area contributed by atoms with Crippen LogP contribution in [0.3, 0.4) is 0 Å². The van der Waals surface area contributed by atoms with Crippen molar-refractivity contribution >= 4 is 28.4 Å². The third-order valence-corrected chi connectivity index (χ3v) is 5.40. The fraction of sp³-hybridized carbons (Fsp3) is 0.348. The van der Waals surface area contributed by atoms with Gasteiger partial charge in [0.15, 0.2) is 0 Å². The van der Waals surface area contributed by atoms with Gasteiger partial charge in [-0.15, -0.1) is 0 Å². The molecule has 1 amide bonds. The topological polar surface area (TPSA) is 55.2 Å². The van der Waals surface area contributed by atoms with Crippen molar-refractivity contribution in [3.8, 4) is 0 Å². The number of halogens is 1. The Bertz CT molecular complexity index is 1060. The van der Waals surface area contributed by atoms with Crippen molar-refractivity contribution in [3.05, 3.63) is 75.3 Å². The molecule has 6 heteroatoms. The quantitative estimate of drug-likeness (QED) is 0.574. The highest BCUT2D eigenvalue weighted by Crippen LogP contribution is 2.22. The Morgan fingerprint density at radius 3 is 2.62 bits per heavy atom. The van der Waals surface area contributed by atoms with Gasteiger partial charge in [0.25, 0.3) is 5.56 Å². The molecule has 1 aromatic heterocycles. The second kappa shape index (κ2) is 9.23. The molecule has 3 aromatic rings. The van der Waals surface area contributed by atoms with Crippen LogP contribution in [0.15, 0.2) is 53.3 Å². The van der Waals surface area contributed by atoms with Gasteiger partial charge in [-0.25, -0.2) is 4.98 Å². The summed E-state index contributed by atoms with van der Waals surface area (Å²) < 4.78 is 1.54. The fourth-order valence-electron chi connectivity index (χ4n) is 3.59. The maximum absolute atomic E-state index is 13.0. The average molecular weight is 412 g/mol. The third kappa shape index (κ3) is 4.67. The summed E-state index contributed by atoms with van der Waals surface area (Å²) in [6.07, 6.45) is 1.93. The first-order valence-electron chi connectivity index (χ1n) is 9.92. The molecule has 1 heterocycles. The zero-order valence-electron chi connectivity index (χ0n) is 17.1. The Kier molecular flexibility index (Phi) is 6.70. The molecular formula is C23H26ClN3O2. The molecular weight excluding hydrogens is 386 g/mol. The molecule has 0 spiro atoms. The summed E-state index contributed by atoms with van der Waals surface area (Å²) in [6.45, 7) is 4.57. The second-order valence-electron chi connectivity index (χ2n) is 7.24. The highest BCUT2D eigenvalue weighted by Gasteiger charge is 2.24. The van der Waals surface area contributed by atoms with Gasteiger partial charge < -0.3 is 4.90 Å². The van der Waals surface area contributed by atoms with E-state index in [9.17, 15) is 9.59 Å². The first kappa shape index (κ1) is 21.1. The predicted molar refractivity (Wildman–Crippen MR) is 117 cm³/mol. The molecule has 0 aliphatic rings. The minimum absolute atomic E-state index is 0.0589. The minimum atomic E-state index is -0.320. The van der Waals surface area contributed by atoms with Crippen LogP contribution in [-0.2, 0) is 18.3 Å². The summed E-state index contributed by atoms with van der Waals surface area (Å²) in [5.74, 6) is 0.620. The molecule has 0 N–H and O–H groups in total. The predicted octanol–water partition coefficient (Wildman–Crippen LogP) is 4.52. The standard InChI is InChI=1S/C23H26ClN3O2/c1-4-14-27(21(28)13-10-17-8-6-5-7-9-17)16(2)22-25-20-15-18(24)11-12-19(20)23(29)26(22)3/h5-9,11-12,15-16H,4,10,13-14H2,1-3H3. The van der Waals surface area contributed by atoms with Crippen LogP contribution in [0.5, 0.6) is 0 Å². The number of carbonyl (C=O) groups excluding carboxylic acids is 1. The van der Waals surface area contributed by atoms with Crippen LogP contribution >= 0.6 is 11.6 Å². The Morgan fingerprint density at radius 2 is 1.93 bits per heavy atom. The number of rotatable bonds is 7. The first-order chi connectivity index (χ1) is 13.9. The summed E-state index contributed by atoms with van der Waals surface area (Å²) in [7, 11) is 1.70. The lowest BCUT2D eigenvalue weighted by Gasteiger charge is -2.30. The summed E-state index contributed by atoms with van der Waals surface area (Å²) in [5.41, 5.74) is 1.55. The van der Waals surface area contributed by atoms with E-state index in [1.54, 1.807) is 25.2 Å². The maximum atomic E-state index is 13.0. The molecule has 1 atom stereocenters. The van der Waals surface area contributed by atoms with E-state index in [0.717, 1.165) is 12.0 Å². The molecule has 29 heavy (non-hydrogen) atoms. The van der Waals surface area contributed by atoms with Gasteiger partial charge >= 0.3 is 0 Å². The first-order valence-corrected chi connectivity index (χ1v) is 10.3. The lowest BCUT2D eigenvalue weighted by Crippen LogP contribution is -2.37. The molecule has 3 rings (SSSR count). The van der Waals surface area contributed by atoms with E-state index in [2.05, 4.69) is 4.98 Å². The van der Waals surface area contributed by atoms with Crippen LogP contribution in [0.2, 0.25) is 5.02 Å². The van der Waals surface area contributed by atoms with Gasteiger partial charge in [0.2, 0.25) is 5.91 Å². The number of hydrogen-bond donors (Lipinski definition) is 0. The second-order valence-corrected chi connectivity index (χ2v) is 7.68. The Balaban J connectivity index is 1.90. The van der Waals surface area contributed by atoms with Crippen molar-refractivity contribution in [1.29, 1.82) is 0 Å². The molecule has 0 aliphatic carbocycles. The fourth-order valence-corrected chi connectivity index (χ4v) is 3.76. The number of aryl methyl sites for hydroxylation is 1. The largest absolute Gasteiger partial charge is 0.333 e. The van der Waals surface area contributed by atoms with Crippen LogP contribution in [0.4, 0.5) is 0 Å². The van der Waals surface area contributed by atoms with E-state index in [1.165, 1.54) is 4.57 Å². The number of amides is 1. The van der Waals surface area contributed by atoms with Gasteiger partial charge in [0.05, 0.1) is 16.9 Å². The summed E-state index contributed by atoms with van der Waals surface area (Å²) in [4.78, 5) is 32.3. The zero-order chi connectivity index (χ0) is 21.0. The molecule has 0 bridgehead atoms. The number of carbonyl (C=O) groups is 1. The minimum Gasteiger partial charge on any atom is -0.333 e. The molecule has 0 saturated heterocycles. The third-order valence-electron chi connectivity index (χ3n) is 5.17. The Morgan fingerprint density at radius 1 is 1.21 bits per heavy atom. The van der Waals surface area contributed by atoms with Crippen molar-refractivity contribution in [2.45, 2.75) is 39.2 Å². The number of aromatic nitrogens is 2. The van der Waals surface area contributed by atoms with Crippen molar-refractivity contribution in [2.75, 3.05) is 6.54 Å².